The molecule has 1 aliphatic heterocycles. The van der Waals surface area contributed by atoms with E-state index in [1.165, 1.54) is 0 Å². The van der Waals surface area contributed by atoms with Gasteiger partial charge in [-0.25, -0.2) is 4.98 Å². The van der Waals surface area contributed by atoms with E-state index in [2.05, 4.69) is 4.98 Å². The predicted octanol–water partition coefficient (Wildman–Crippen LogP) is 2.58. The number of aryl methyl sites for hydroxylation is 2. The molecule has 2 heterocycles. The molecule has 3 nitrogen and oxygen atoms in total. The maximum Gasteiger partial charge on any atom is 0.203 e. The molecule has 0 aliphatic carbocycles. The lowest BCUT2D eigenvalue weighted by Gasteiger charge is -2.15. The van der Waals surface area contributed by atoms with Crippen LogP contribution >= 0.6 is 11.6 Å². The van der Waals surface area contributed by atoms with Crippen LogP contribution in [0.1, 0.15) is 22.3 Å². The summed E-state index contributed by atoms with van der Waals surface area (Å²) in [6.45, 7) is 2.59. The average Bonchev–Trinajstić information content (AvgIpc) is 2.52. The molecule has 0 fully saturated rings. The standard InChI is InChI=1S/C11H9ClN2O/c1-6-2-3-7-10-9(6)8(15)4-5-14(10)11(12)13-7/h2-3H,4-5H2,1H3. The summed E-state index contributed by atoms with van der Waals surface area (Å²) in [4.78, 5) is 16.1. The molecule has 1 aromatic heterocycles. The van der Waals surface area contributed by atoms with Crippen LogP contribution in [0.25, 0.3) is 11.0 Å². The molecule has 0 radical (unpaired) electrons. The lowest BCUT2D eigenvalue weighted by atomic mass is 9.98. The van der Waals surface area contributed by atoms with Crippen LogP contribution in [0.2, 0.25) is 5.28 Å². The van der Waals surface area contributed by atoms with Gasteiger partial charge in [-0.05, 0) is 30.2 Å². The van der Waals surface area contributed by atoms with Crippen LogP contribution in [0, 0.1) is 6.92 Å². The van der Waals surface area contributed by atoms with Gasteiger partial charge in [0.1, 0.15) is 0 Å². The van der Waals surface area contributed by atoms with E-state index in [1.807, 2.05) is 23.6 Å². The minimum absolute atomic E-state index is 0.196. The highest BCUT2D eigenvalue weighted by atomic mass is 35.5. The van der Waals surface area contributed by atoms with Crippen molar-refractivity contribution in [3.8, 4) is 0 Å². The molecule has 76 valence electrons. The summed E-state index contributed by atoms with van der Waals surface area (Å²) < 4.78 is 1.92. The van der Waals surface area contributed by atoms with Crippen molar-refractivity contribution < 1.29 is 4.79 Å². The second-order valence-electron chi connectivity index (χ2n) is 3.83. The Labute approximate surface area is 91.7 Å². The highest BCUT2D eigenvalue weighted by Gasteiger charge is 2.23. The number of imidazole rings is 1. The number of halogens is 1. The third-order valence-electron chi connectivity index (χ3n) is 2.91. The fraction of sp³-hybridized carbons (Fsp3) is 0.273. The van der Waals surface area contributed by atoms with Crippen molar-refractivity contribution in [3.63, 3.8) is 0 Å². The van der Waals surface area contributed by atoms with Crippen LogP contribution in [0.3, 0.4) is 0 Å². The van der Waals surface area contributed by atoms with Crippen LogP contribution in [0.5, 0.6) is 0 Å². The van der Waals surface area contributed by atoms with E-state index in [0.29, 0.717) is 18.2 Å². The van der Waals surface area contributed by atoms with E-state index < -0.39 is 0 Å². The largest absolute Gasteiger partial charge is 0.314 e. The molecular weight excluding hydrogens is 212 g/mol. The molecule has 0 saturated carbocycles. The van der Waals surface area contributed by atoms with Crippen LogP contribution in [0.15, 0.2) is 12.1 Å². The van der Waals surface area contributed by atoms with Crippen molar-refractivity contribution >= 4 is 28.4 Å². The normalized spacial score (nSPS) is 14.9. The quantitative estimate of drug-likeness (QED) is 0.684. The molecule has 0 bridgehead atoms. The summed E-state index contributed by atoms with van der Waals surface area (Å²) in [5.74, 6) is 0.196. The van der Waals surface area contributed by atoms with Crippen molar-refractivity contribution in [1.82, 2.24) is 9.55 Å². The van der Waals surface area contributed by atoms with Gasteiger partial charge in [-0.15, -0.1) is 0 Å². The number of rotatable bonds is 0. The third kappa shape index (κ3) is 1.07. The highest BCUT2D eigenvalue weighted by molar-refractivity contribution is 6.29. The lowest BCUT2D eigenvalue weighted by molar-refractivity contribution is 0.0973. The topological polar surface area (TPSA) is 34.9 Å². The zero-order valence-corrected chi connectivity index (χ0v) is 9.01. The second-order valence-corrected chi connectivity index (χ2v) is 4.17. The Kier molecular flexibility index (Phi) is 1.68. The zero-order chi connectivity index (χ0) is 10.6. The van der Waals surface area contributed by atoms with Crippen LogP contribution in [-0.2, 0) is 6.54 Å². The van der Waals surface area contributed by atoms with Crippen molar-refractivity contribution in [3.05, 3.63) is 28.5 Å². The predicted molar refractivity (Wildman–Crippen MR) is 58.4 cm³/mol. The van der Waals surface area contributed by atoms with Gasteiger partial charge in [0.15, 0.2) is 5.78 Å². The lowest BCUT2D eigenvalue weighted by Crippen LogP contribution is -2.15. The Morgan fingerprint density at radius 1 is 1.47 bits per heavy atom. The molecule has 0 spiro atoms. The first-order chi connectivity index (χ1) is 7.18. The van der Waals surface area contributed by atoms with Gasteiger partial charge >= 0.3 is 0 Å². The van der Waals surface area contributed by atoms with Gasteiger partial charge in [-0.2, -0.15) is 0 Å². The molecule has 1 aromatic carbocycles. The van der Waals surface area contributed by atoms with Gasteiger partial charge in [0, 0.05) is 18.5 Å². The smallest absolute Gasteiger partial charge is 0.203 e. The SMILES string of the molecule is Cc1ccc2nc(Cl)n3c2c1C(=O)CC3. The van der Waals surface area contributed by atoms with Gasteiger partial charge in [-0.3, -0.25) is 4.79 Å². The van der Waals surface area contributed by atoms with E-state index in [4.69, 9.17) is 11.6 Å². The number of nitrogens with zero attached hydrogens (tertiary/aromatic N) is 2. The number of ketones is 1. The van der Waals surface area contributed by atoms with E-state index >= 15 is 0 Å². The summed E-state index contributed by atoms with van der Waals surface area (Å²) in [6, 6.07) is 3.84. The molecular formula is C11H9ClN2O. The fourth-order valence-electron chi connectivity index (χ4n) is 2.19. The Bertz CT molecular complexity index is 586. The fourth-order valence-corrected chi connectivity index (χ4v) is 2.45. The van der Waals surface area contributed by atoms with Crippen molar-refractivity contribution in [2.75, 3.05) is 0 Å². The molecule has 15 heavy (non-hydrogen) atoms. The van der Waals surface area contributed by atoms with Crippen LogP contribution in [-0.4, -0.2) is 15.3 Å². The first kappa shape index (κ1) is 8.92. The zero-order valence-electron chi connectivity index (χ0n) is 8.25. The number of benzene rings is 1. The minimum Gasteiger partial charge on any atom is -0.314 e. The van der Waals surface area contributed by atoms with E-state index in [0.717, 1.165) is 22.2 Å². The van der Waals surface area contributed by atoms with Crippen molar-refractivity contribution in [2.45, 2.75) is 19.9 Å². The van der Waals surface area contributed by atoms with Gasteiger partial charge < -0.3 is 4.57 Å². The van der Waals surface area contributed by atoms with Gasteiger partial charge in [0.25, 0.3) is 0 Å². The van der Waals surface area contributed by atoms with E-state index in [1.54, 1.807) is 0 Å². The number of hydrogen-bond acceptors (Lipinski definition) is 2. The second kappa shape index (κ2) is 2.83. The maximum absolute atomic E-state index is 11.8. The summed E-state index contributed by atoms with van der Waals surface area (Å²) in [7, 11) is 0. The number of carbonyl (C=O) groups excluding carboxylic acids is 1. The molecule has 4 heteroatoms. The summed E-state index contributed by atoms with van der Waals surface area (Å²) in [5.41, 5.74) is 3.51. The average molecular weight is 221 g/mol. The Morgan fingerprint density at radius 2 is 2.27 bits per heavy atom. The Morgan fingerprint density at radius 3 is 3.07 bits per heavy atom. The Balaban J connectivity index is 2.55. The molecule has 0 unspecified atom stereocenters. The van der Waals surface area contributed by atoms with Crippen molar-refractivity contribution in [2.24, 2.45) is 0 Å². The number of hydrogen-bond donors (Lipinski definition) is 0. The first-order valence-corrected chi connectivity index (χ1v) is 5.25. The van der Waals surface area contributed by atoms with Crippen LogP contribution < -0.4 is 0 Å². The summed E-state index contributed by atoms with van der Waals surface area (Å²) in [5, 5.41) is 0.476. The molecule has 0 amide bonds. The highest BCUT2D eigenvalue weighted by Crippen LogP contribution is 2.30. The molecule has 0 N–H and O–H groups in total. The van der Waals surface area contributed by atoms with Gasteiger partial charge in [0.05, 0.1) is 11.0 Å². The molecule has 1 aliphatic rings. The minimum atomic E-state index is 0.196. The third-order valence-corrected chi connectivity index (χ3v) is 3.20. The van der Waals surface area contributed by atoms with Gasteiger partial charge in [-0.1, -0.05) is 6.07 Å². The molecule has 0 saturated heterocycles. The van der Waals surface area contributed by atoms with Gasteiger partial charge in [0.2, 0.25) is 5.28 Å². The molecule has 2 aromatic rings. The number of carbonyl (C=O) groups is 1. The molecule has 3 rings (SSSR count). The summed E-state index contributed by atoms with van der Waals surface area (Å²) in [6.07, 6.45) is 0.517. The first-order valence-electron chi connectivity index (χ1n) is 4.87. The monoisotopic (exact) mass is 220 g/mol. The number of Topliss-reactive ketones (excluding diaryl/α,β-unsaturated/α-hetero) is 1. The number of aromatic nitrogens is 2. The Hall–Kier alpha value is -1.35. The van der Waals surface area contributed by atoms with Crippen LogP contribution in [0.4, 0.5) is 0 Å². The maximum atomic E-state index is 11.8. The molecule has 0 atom stereocenters. The van der Waals surface area contributed by atoms with Crippen molar-refractivity contribution in [1.29, 1.82) is 0 Å². The van der Waals surface area contributed by atoms with E-state index in [9.17, 15) is 4.79 Å². The summed E-state index contributed by atoms with van der Waals surface area (Å²) >= 11 is 6.01. The van der Waals surface area contributed by atoms with E-state index in [-0.39, 0.29) is 5.78 Å².